The Bertz CT molecular complexity index is 1080. The molecule has 32 heavy (non-hydrogen) atoms. The molecule has 0 aliphatic carbocycles. The van der Waals surface area contributed by atoms with E-state index in [1.807, 2.05) is 104 Å². The summed E-state index contributed by atoms with van der Waals surface area (Å²) in [6.07, 6.45) is 1.83. The number of hydrogen-bond acceptors (Lipinski definition) is 5. The summed E-state index contributed by atoms with van der Waals surface area (Å²) in [5.41, 5.74) is 7.01. The highest BCUT2D eigenvalue weighted by atomic mass is 16.5. The van der Waals surface area contributed by atoms with Crippen LogP contribution in [0.2, 0.25) is 0 Å². The minimum atomic E-state index is -0.135. The molecule has 0 bridgehead atoms. The second kappa shape index (κ2) is 9.58. The van der Waals surface area contributed by atoms with Crippen LogP contribution < -0.4 is 20.0 Å². The molecule has 6 nitrogen and oxygen atoms in total. The SMILES string of the molecule is COc1ccc(N2NN(C(=O)C(C)C)C=C2c2ccc(OCc3ccccc3)cc2)cc1. The Labute approximate surface area is 188 Å². The fourth-order valence-corrected chi connectivity index (χ4v) is 3.36. The molecule has 0 atom stereocenters. The fraction of sp³-hybridized carbons (Fsp3) is 0.192. The molecule has 1 heterocycles. The normalized spacial score (nSPS) is 13.3. The zero-order valence-corrected chi connectivity index (χ0v) is 18.5. The van der Waals surface area contributed by atoms with Gasteiger partial charge in [-0.15, -0.1) is 5.53 Å². The van der Waals surface area contributed by atoms with E-state index in [2.05, 4.69) is 5.53 Å². The van der Waals surface area contributed by atoms with E-state index < -0.39 is 0 Å². The number of hydrogen-bond donors (Lipinski definition) is 1. The third-order valence-corrected chi connectivity index (χ3v) is 5.16. The first-order chi connectivity index (χ1) is 15.5. The van der Waals surface area contributed by atoms with Gasteiger partial charge in [-0.25, -0.2) is 5.01 Å². The molecule has 0 radical (unpaired) electrons. The quantitative estimate of drug-likeness (QED) is 0.573. The maximum atomic E-state index is 12.6. The van der Waals surface area contributed by atoms with Crippen LogP contribution in [0.15, 0.2) is 85.1 Å². The van der Waals surface area contributed by atoms with Gasteiger partial charge < -0.3 is 9.47 Å². The van der Waals surface area contributed by atoms with Crippen molar-refractivity contribution in [2.45, 2.75) is 20.5 Å². The second-order valence-corrected chi connectivity index (χ2v) is 7.81. The Morgan fingerprint density at radius 1 is 0.906 bits per heavy atom. The van der Waals surface area contributed by atoms with Gasteiger partial charge in [0.15, 0.2) is 0 Å². The van der Waals surface area contributed by atoms with E-state index in [1.165, 1.54) is 5.01 Å². The fourth-order valence-electron chi connectivity index (χ4n) is 3.36. The Hall–Kier alpha value is -3.77. The summed E-state index contributed by atoms with van der Waals surface area (Å²) in [7, 11) is 1.64. The van der Waals surface area contributed by atoms with Crippen molar-refractivity contribution in [2.24, 2.45) is 5.92 Å². The highest BCUT2D eigenvalue weighted by Crippen LogP contribution is 2.31. The topological polar surface area (TPSA) is 54.0 Å². The molecule has 0 fully saturated rings. The van der Waals surface area contributed by atoms with Crippen molar-refractivity contribution < 1.29 is 14.3 Å². The summed E-state index contributed by atoms with van der Waals surface area (Å²) >= 11 is 0. The molecule has 0 saturated carbocycles. The van der Waals surface area contributed by atoms with Gasteiger partial charge in [0.05, 0.1) is 24.7 Å². The van der Waals surface area contributed by atoms with Crippen LogP contribution in [0.4, 0.5) is 5.69 Å². The highest BCUT2D eigenvalue weighted by Gasteiger charge is 2.28. The van der Waals surface area contributed by atoms with Gasteiger partial charge in [0.1, 0.15) is 18.1 Å². The summed E-state index contributed by atoms with van der Waals surface area (Å²) in [4.78, 5) is 12.6. The summed E-state index contributed by atoms with van der Waals surface area (Å²) in [5.74, 6) is 1.41. The zero-order valence-electron chi connectivity index (χ0n) is 18.5. The van der Waals surface area contributed by atoms with Crippen LogP contribution >= 0.6 is 0 Å². The van der Waals surface area contributed by atoms with Crippen molar-refractivity contribution in [1.29, 1.82) is 0 Å². The molecule has 1 aliphatic rings. The van der Waals surface area contributed by atoms with Gasteiger partial charge in [-0.3, -0.25) is 9.80 Å². The molecular weight excluding hydrogens is 402 g/mol. The molecule has 0 spiro atoms. The van der Waals surface area contributed by atoms with Crippen LogP contribution in [-0.2, 0) is 11.4 Å². The monoisotopic (exact) mass is 429 g/mol. The molecule has 3 aromatic carbocycles. The van der Waals surface area contributed by atoms with Gasteiger partial charge in [0.25, 0.3) is 0 Å². The molecule has 4 rings (SSSR count). The number of carbonyl (C=O) groups is 1. The van der Waals surface area contributed by atoms with Crippen LogP contribution in [0.5, 0.6) is 11.5 Å². The number of amides is 1. The van der Waals surface area contributed by atoms with Gasteiger partial charge in [-0.2, -0.15) is 0 Å². The van der Waals surface area contributed by atoms with E-state index >= 15 is 0 Å². The first-order valence-electron chi connectivity index (χ1n) is 10.6. The second-order valence-electron chi connectivity index (χ2n) is 7.81. The summed E-state index contributed by atoms with van der Waals surface area (Å²) in [5, 5.41) is 3.42. The lowest BCUT2D eigenvalue weighted by molar-refractivity contribution is -0.133. The Morgan fingerprint density at radius 3 is 2.19 bits per heavy atom. The van der Waals surface area contributed by atoms with Crippen LogP contribution in [0.25, 0.3) is 5.70 Å². The number of anilines is 1. The molecule has 1 amide bonds. The van der Waals surface area contributed by atoms with Crippen molar-refractivity contribution in [3.63, 3.8) is 0 Å². The largest absolute Gasteiger partial charge is 0.497 e. The molecule has 0 aromatic heterocycles. The van der Waals surface area contributed by atoms with Crippen molar-refractivity contribution in [3.8, 4) is 11.5 Å². The van der Waals surface area contributed by atoms with Crippen LogP contribution in [-0.4, -0.2) is 18.0 Å². The van der Waals surface area contributed by atoms with E-state index in [-0.39, 0.29) is 11.8 Å². The van der Waals surface area contributed by atoms with Crippen LogP contribution in [0, 0.1) is 5.92 Å². The number of methoxy groups -OCH3 is 1. The molecular formula is C26H27N3O3. The first kappa shape index (κ1) is 21.5. The lowest BCUT2D eigenvalue weighted by Gasteiger charge is -2.25. The maximum Gasteiger partial charge on any atom is 0.244 e. The number of nitrogens with one attached hydrogen (secondary N) is 1. The third kappa shape index (κ3) is 4.76. The molecule has 0 saturated heterocycles. The minimum Gasteiger partial charge on any atom is -0.497 e. The lowest BCUT2D eigenvalue weighted by atomic mass is 10.1. The number of hydrazine groups is 2. The Balaban J connectivity index is 1.56. The van der Waals surface area contributed by atoms with Gasteiger partial charge in [-0.1, -0.05) is 44.2 Å². The summed E-state index contributed by atoms with van der Waals surface area (Å²) in [6.45, 7) is 4.28. The van der Waals surface area contributed by atoms with Gasteiger partial charge in [-0.05, 0) is 54.1 Å². The van der Waals surface area contributed by atoms with E-state index in [4.69, 9.17) is 9.47 Å². The number of rotatable bonds is 7. The summed E-state index contributed by atoms with van der Waals surface area (Å²) in [6, 6.07) is 25.6. The maximum absolute atomic E-state index is 12.6. The molecule has 6 heteroatoms. The van der Waals surface area contributed by atoms with E-state index in [1.54, 1.807) is 7.11 Å². The smallest absolute Gasteiger partial charge is 0.244 e. The molecule has 1 N–H and O–H groups in total. The third-order valence-electron chi connectivity index (χ3n) is 5.16. The van der Waals surface area contributed by atoms with Crippen molar-refractivity contribution in [3.05, 3.63) is 96.2 Å². The van der Waals surface area contributed by atoms with Gasteiger partial charge in [0.2, 0.25) is 5.91 Å². The predicted octanol–water partition coefficient (Wildman–Crippen LogP) is 5.00. The standard InChI is InChI=1S/C26H27N3O3/c1-19(2)26(30)28-17-25(29(27-28)22-11-15-23(31-3)16-12-22)21-9-13-24(14-10-21)32-18-20-7-5-4-6-8-20/h4-17,19,27H,18H2,1-3H3. The molecule has 0 unspecified atom stereocenters. The first-order valence-corrected chi connectivity index (χ1v) is 10.6. The number of carbonyl (C=O) groups excluding carboxylic acids is 1. The average molecular weight is 430 g/mol. The number of benzene rings is 3. The Morgan fingerprint density at radius 2 is 1.56 bits per heavy atom. The van der Waals surface area contributed by atoms with Crippen molar-refractivity contribution in [2.75, 3.05) is 12.1 Å². The number of nitrogens with zero attached hydrogens (tertiary/aromatic N) is 2. The summed E-state index contributed by atoms with van der Waals surface area (Å²) < 4.78 is 11.2. The van der Waals surface area contributed by atoms with Crippen molar-refractivity contribution in [1.82, 2.24) is 10.5 Å². The highest BCUT2D eigenvalue weighted by molar-refractivity contribution is 5.87. The van der Waals surface area contributed by atoms with Crippen molar-refractivity contribution >= 4 is 17.3 Å². The lowest BCUT2D eigenvalue weighted by Crippen LogP contribution is -2.44. The molecule has 1 aliphatic heterocycles. The van der Waals surface area contributed by atoms with Gasteiger partial charge in [0, 0.05) is 11.5 Å². The van der Waals surface area contributed by atoms with Crippen LogP contribution in [0.3, 0.4) is 0 Å². The zero-order chi connectivity index (χ0) is 22.5. The molecule has 3 aromatic rings. The van der Waals surface area contributed by atoms with Gasteiger partial charge >= 0.3 is 0 Å². The predicted molar refractivity (Wildman–Crippen MR) is 125 cm³/mol. The number of ether oxygens (including phenoxy) is 2. The minimum absolute atomic E-state index is 0.0127. The Kier molecular flexibility index (Phi) is 6.42. The average Bonchev–Trinajstić information content (AvgIpc) is 3.28. The van der Waals surface area contributed by atoms with E-state index in [0.717, 1.165) is 34.0 Å². The van der Waals surface area contributed by atoms with E-state index in [0.29, 0.717) is 6.61 Å². The van der Waals surface area contributed by atoms with Crippen LogP contribution in [0.1, 0.15) is 25.0 Å². The molecule has 164 valence electrons. The van der Waals surface area contributed by atoms with E-state index in [9.17, 15) is 4.79 Å².